The first-order chi connectivity index (χ1) is 16.9. The topological polar surface area (TPSA) is 49.2 Å². The number of benzene rings is 3. The lowest BCUT2D eigenvalue weighted by Crippen LogP contribution is -2.35. The molecule has 3 aromatic carbocycles. The lowest BCUT2D eigenvalue weighted by Gasteiger charge is -2.30. The Bertz CT molecular complexity index is 1220. The number of ether oxygens (including phenoxy) is 2. The van der Waals surface area contributed by atoms with Crippen molar-refractivity contribution in [1.82, 2.24) is 14.8 Å². The Labute approximate surface area is 205 Å². The van der Waals surface area contributed by atoms with E-state index < -0.39 is 5.41 Å². The van der Waals surface area contributed by atoms with Crippen molar-refractivity contribution in [2.75, 3.05) is 13.7 Å². The highest BCUT2D eigenvalue weighted by molar-refractivity contribution is 5.52. The molecule has 4 aromatic rings. The van der Waals surface area contributed by atoms with Gasteiger partial charge in [-0.25, -0.2) is 9.37 Å². The second kappa shape index (κ2) is 11.0. The molecule has 0 aliphatic rings. The summed E-state index contributed by atoms with van der Waals surface area (Å²) >= 11 is 0. The van der Waals surface area contributed by atoms with E-state index in [1.54, 1.807) is 30.3 Å². The maximum atomic E-state index is 13.5. The molecule has 0 saturated carbocycles. The number of nitrogens with zero attached hydrogens (tertiary/aromatic N) is 3. The highest BCUT2D eigenvalue weighted by atomic mass is 19.1. The Morgan fingerprint density at radius 3 is 2.29 bits per heavy atom. The van der Waals surface area contributed by atoms with Crippen LogP contribution in [0.1, 0.15) is 36.5 Å². The molecule has 0 fully saturated rings. The maximum absolute atomic E-state index is 13.5. The van der Waals surface area contributed by atoms with E-state index in [0.29, 0.717) is 13.2 Å². The molecule has 0 saturated heterocycles. The van der Waals surface area contributed by atoms with Gasteiger partial charge in [-0.3, -0.25) is 4.68 Å². The van der Waals surface area contributed by atoms with Crippen molar-refractivity contribution in [3.8, 4) is 11.5 Å². The number of halogens is 1. The summed E-state index contributed by atoms with van der Waals surface area (Å²) in [6, 6.07) is 22.7. The molecule has 2 atom stereocenters. The number of aromatic nitrogens is 3. The predicted octanol–water partition coefficient (Wildman–Crippen LogP) is 6.28. The van der Waals surface area contributed by atoms with Gasteiger partial charge in [-0.2, -0.15) is 5.10 Å². The monoisotopic (exact) mass is 471 g/mol. The van der Waals surface area contributed by atoms with E-state index in [1.165, 1.54) is 24.0 Å². The second-order valence-electron chi connectivity index (χ2n) is 8.94. The van der Waals surface area contributed by atoms with Crippen molar-refractivity contribution in [2.24, 2.45) is 0 Å². The number of allylic oxidation sites excluding steroid dienone is 1. The minimum Gasteiger partial charge on any atom is -0.497 e. The van der Waals surface area contributed by atoms with E-state index in [9.17, 15) is 4.39 Å². The minimum atomic E-state index is -0.422. The van der Waals surface area contributed by atoms with Gasteiger partial charge in [-0.1, -0.05) is 62.4 Å². The summed E-state index contributed by atoms with van der Waals surface area (Å²) in [5.41, 5.74) is 2.88. The Kier molecular flexibility index (Phi) is 7.60. The fraction of sp³-hybridized carbons (Fsp3) is 0.241. The number of hydrogen-bond donors (Lipinski definition) is 0. The summed E-state index contributed by atoms with van der Waals surface area (Å²) in [4.78, 5) is 4.04. The summed E-state index contributed by atoms with van der Waals surface area (Å²) in [6.45, 7) is 5.22. The van der Waals surface area contributed by atoms with Crippen molar-refractivity contribution in [3.63, 3.8) is 0 Å². The molecule has 0 bridgehead atoms. The van der Waals surface area contributed by atoms with E-state index in [2.05, 4.69) is 48.2 Å². The van der Waals surface area contributed by atoms with Crippen LogP contribution in [0.15, 0.2) is 91.5 Å². The molecule has 0 radical (unpaired) electrons. The molecule has 0 spiro atoms. The number of hydrogen-bond acceptors (Lipinski definition) is 4. The van der Waals surface area contributed by atoms with Crippen molar-refractivity contribution >= 4 is 6.08 Å². The second-order valence-corrected chi connectivity index (χ2v) is 8.94. The zero-order chi connectivity index (χ0) is 24.7. The van der Waals surface area contributed by atoms with Gasteiger partial charge in [-0.05, 0) is 59.0 Å². The summed E-state index contributed by atoms with van der Waals surface area (Å²) in [5.74, 6) is 1.63. The SMILES string of the molecule is COc1ccc(C=CC(C)c2ccc(OCC(C)(Cn3cncn3)c3ccc(F)cc3)cc2)cc1. The Morgan fingerprint density at radius 1 is 0.971 bits per heavy atom. The van der Waals surface area contributed by atoms with Crippen LogP contribution >= 0.6 is 0 Å². The molecule has 5 nitrogen and oxygen atoms in total. The Balaban J connectivity index is 1.42. The lowest BCUT2D eigenvalue weighted by molar-refractivity contribution is 0.203. The first-order valence-corrected chi connectivity index (χ1v) is 11.6. The first-order valence-electron chi connectivity index (χ1n) is 11.6. The molecule has 0 aliphatic carbocycles. The van der Waals surface area contributed by atoms with E-state index in [4.69, 9.17) is 9.47 Å². The fourth-order valence-corrected chi connectivity index (χ4v) is 3.94. The van der Waals surface area contributed by atoms with Crippen molar-refractivity contribution in [3.05, 3.63) is 114 Å². The Hall–Kier alpha value is -3.93. The van der Waals surface area contributed by atoms with Gasteiger partial charge in [0.2, 0.25) is 0 Å². The third-order valence-corrected chi connectivity index (χ3v) is 6.18. The molecular weight excluding hydrogens is 441 g/mol. The van der Waals surface area contributed by atoms with Crippen LogP contribution < -0.4 is 9.47 Å². The molecule has 0 N–H and O–H groups in total. The molecule has 1 heterocycles. The predicted molar refractivity (Wildman–Crippen MR) is 136 cm³/mol. The van der Waals surface area contributed by atoms with Crippen LogP contribution in [-0.2, 0) is 12.0 Å². The van der Waals surface area contributed by atoms with Crippen molar-refractivity contribution < 1.29 is 13.9 Å². The van der Waals surface area contributed by atoms with Gasteiger partial charge in [0.15, 0.2) is 0 Å². The fourth-order valence-electron chi connectivity index (χ4n) is 3.94. The molecule has 1 aromatic heterocycles. The van der Waals surface area contributed by atoms with Gasteiger partial charge >= 0.3 is 0 Å². The van der Waals surface area contributed by atoms with Gasteiger partial charge in [0.1, 0.15) is 30.0 Å². The molecule has 35 heavy (non-hydrogen) atoms. The largest absolute Gasteiger partial charge is 0.497 e. The molecule has 0 amide bonds. The van der Waals surface area contributed by atoms with E-state index in [1.807, 2.05) is 36.4 Å². The van der Waals surface area contributed by atoms with Crippen LogP contribution in [0.5, 0.6) is 11.5 Å². The first kappa shape index (κ1) is 24.2. The third kappa shape index (κ3) is 6.35. The van der Waals surface area contributed by atoms with Crippen LogP contribution in [0, 0.1) is 5.82 Å². The van der Waals surface area contributed by atoms with E-state index in [0.717, 1.165) is 22.6 Å². The number of rotatable bonds is 10. The van der Waals surface area contributed by atoms with Crippen LogP contribution in [0.3, 0.4) is 0 Å². The standard InChI is InChI=1S/C29H30FN3O2/c1-22(4-5-23-6-14-27(34-3)15-7-23)24-8-16-28(17-9-24)35-19-29(2,18-33-21-31-20-32-33)25-10-12-26(30)13-11-25/h4-17,20-22H,18-19H2,1-3H3. The normalized spacial score (nSPS) is 13.9. The average Bonchev–Trinajstić information content (AvgIpc) is 3.40. The minimum absolute atomic E-state index is 0.253. The van der Waals surface area contributed by atoms with Crippen LogP contribution in [0.2, 0.25) is 0 Å². The summed E-state index contributed by atoms with van der Waals surface area (Å²) in [6.07, 6.45) is 7.49. The van der Waals surface area contributed by atoms with Gasteiger partial charge in [0.05, 0.1) is 20.3 Å². The smallest absolute Gasteiger partial charge is 0.137 e. The quantitative estimate of drug-likeness (QED) is 0.273. The van der Waals surface area contributed by atoms with Crippen molar-refractivity contribution in [1.29, 1.82) is 0 Å². The van der Waals surface area contributed by atoms with E-state index in [-0.39, 0.29) is 11.7 Å². The van der Waals surface area contributed by atoms with Gasteiger partial charge in [0, 0.05) is 5.41 Å². The summed E-state index contributed by atoms with van der Waals surface area (Å²) in [7, 11) is 1.67. The molecule has 180 valence electrons. The van der Waals surface area contributed by atoms with Crippen molar-refractivity contribution in [2.45, 2.75) is 31.7 Å². The zero-order valence-electron chi connectivity index (χ0n) is 20.3. The molecular formula is C29H30FN3O2. The van der Waals surface area contributed by atoms with Gasteiger partial charge in [-0.15, -0.1) is 0 Å². The van der Waals surface area contributed by atoms with Crippen LogP contribution in [0.4, 0.5) is 4.39 Å². The van der Waals surface area contributed by atoms with Gasteiger partial charge < -0.3 is 9.47 Å². The highest BCUT2D eigenvalue weighted by Crippen LogP contribution is 2.28. The van der Waals surface area contributed by atoms with Gasteiger partial charge in [0.25, 0.3) is 0 Å². The molecule has 2 unspecified atom stereocenters. The summed E-state index contributed by atoms with van der Waals surface area (Å²) < 4.78 is 26.7. The Morgan fingerprint density at radius 2 is 1.66 bits per heavy atom. The zero-order valence-corrected chi connectivity index (χ0v) is 20.3. The van der Waals surface area contributed by atoms with E-state index >= 15 is 0 Å². The number of methoxy groups -OCH3 is 1. The highest BCUT2D eigenvalue weighted by Gasteiger charge is 2.29. The molecule has 4 rings (SSSR count). The molecule has 6 heteroatoms. The summed E-state index contributed by atoms with van der Waals surface area (Å²) in [5, 5.41) is 4.24. The third-order valence-electron chi connectivity index (χ3n) is 6.18. The average molecular weight is 472 g/mol. The molecule has 0 aliphatic heterocycles. The van der Waals surface area contributed by atoms with Crippen LogP contribution in [0.25, 0.3) is 6.08 Å². The maximum Gasteiger partial charge on any atom is 0.137 e. The van der Waals surface area contributed by atoms with Crippen LogP contribution in [-0.4, -0.2) is 28.5 Å². The lowest BCUT2D eigenvalue weighted by atomic mass is 9.83.